The van der Waals surface area contributed by atoms with E-state index in [4.69, 9.17) is 14.6 Å². The van der Waals surface area contributed by atoms with Gasteiger partial charge in [0.25, 0.3) is 0 Å². The summed E-state index contributed by atoms with van der Waals surface area (Å²) in [4.78, 5) is 24.8. The predicted octanol–water partition coefficient (Wildman–Crippen LogP) is 3.41. The summed E-state index contributed by atoms with van der Waals surface area (Å²) in [5, 5.41) is 9.12. The zero-order valence-corrected chi connectivity index (χ0v) is 16.2. The van der Waals surface area contributed by atoms with Gasteiger partial charge in [0.15, 0.2) is 11.5 Å². The zero-order valence-electron chi connectivity index (χ0n) is 16.2. The van der Waals surface area contributed by atoms with Crippen LogP contribution in [0.1, 0.15) is 30.0 Å². The SMILES string of the molecule is CCOc1cc(CN2CC(C(=O)O)CC2=O)ccc1OCc1ccc(C)cc1. The first-order valence-corrected chi connectivity index (χ1v) is 9.41. The molecule has 1 heterocycles. The molecule has 0 bridgehead atoms. The number of hydrogen-bond acceptors (Lipinski definition) is 4. The van der Waals surface area contributed by atoms with Crippen molar-refractivity contribution in [2.75, 3.05) is 13.2 Å². The van der Waals surface area contributed by atoms with Crippen LogP contribution >= 0.6 is 0 Å². The molecule has 0 aliphatic carbocycles. The lowest BCUT2D eigenvalue weighted by Crippen LogP contribution is -2.25. The molecule has 2 aromatic rings. The molecule has 3 rings (SSSR count). The molecule has 0 spiro atoms. The van der Waals surface area contributed by atoms with Crippen molar-refractivity contribution in [3.05, 3.63) is 59.2 Å². The number of ether oxygens (including phenoxy) is 2. The Balaban J connectivity index is 1.69. The lowest BCUT2D eigenvalue weighted by atomic mass is 10.1. The topological polar surface area (TPSA) is 76.1 Å². The Morgan fingerprint density at radius 3 is 2.46 bits per heavy atom. The first kappa shape index (κ1) is 19.7. The Kier molecular flexibility index (Phi) is 6.19. The number of amides is 1. The van der Waals surface area contributed by atoms with E-state index in [-0.39, 0.29) is 18.9 Å². The van der Waals surface area contributed by atoms with Gasteiger partial charge < -0.3 is 19.5 Å². The molecule has 1 N–H and O–H groups in total. The van der Waals surface area contributed by atoms with Crippen molar-refractivity contribution < 1.29 is 24.2 Å². The molecule has 6 heteroatoms. The van der Waals surface area contributed by atoms with E-state index in [1.54, 1.807) is 4.90 Å². The maximum absolute atomic E-state index is 12.1. The number of carboxylic acids is 1. The zero-order chi connectivity index (χ0) is 20.1. The van der Waals surface area contributed by atoms with Crippen LogP contribution in [-0.4, -0.2) is 35.0 Å². The van der Waals surface area contributed by atoms with Crippen LogP contribution < -0.4 is 9.47 Å². The number of aliphatic carboxylic acids is 1. The standard InChI is InChI=1S/C22H25NO5/c1-3-27-20-10-17(12-23-13-18(22(25)26)11-21(23)24)8-9-19(20)28-14-16-6-4-15(2)5-7-16/h4-10,18H,3,11-14H2,1-2H3,(H,25,26). The van der Waals surface area contributed by atoms with Crippen LogP contribution in [0, 0.1) is 12.8 Å². The van der Waals surface area contributed by atoms with Gasteiger partial charge in [0.2, 0.25) is 5.91 Å². The third-order valence-electron chi connectivity index (χ3n) is 4.76. The number of nitrogens with zero attached hydrogens (tertiary/aromatic N) is 1. The van der Waals surface area contributed by atoms with Gasteiger partial charge in [0.05, 0.1) is 12.5 Å². The van der Waals surface area contributed by atoms with E-state index >= 15 is 0 Å². The summed E-state index contributed by atoms with van der Waals surface area (Å²) >= 11 is 0. The van der Waals surface area contributed by atoms with Crippen LogP contribution in [-0.2, 0) is 22.7 Å². The maximum atomic E-state index is 12.1. The number of aryl methyl sites for hydroxylation is 1. The average molecular weight is 383 g/mol. The van der Waals surface area contributed by atoms with Crippen molar-refractivity contribution in [1.82, 2.24) is 4.90 Å². The summed E-state index contributed by atoms with van der Waals surface area (Å²) in [5.74, 6) is -0.428. The average Bonchev–Trinajstić information content (AvgIpc) is 3.03. The van der Waals surface area contributed by atoms with Crippen LogP contribution in [0.5, 0.6) is 11.5 Å². The highest BCUT2D eigenvalue weighted by Crippen LogP contribution is 2.31. The van der Waals surface area contributed by atoms with Crippen LogP contribution in [0.25, 0.3) is 0 Å². The highest BCUT2D eigenvalue weighted by Gasteiger charge is 2.34. The number of carbonyl (C=O) groups excluding carboxylic acids is 1. The minimum absolute atomic E-state index is 0.0609. The minimum Gasteiger partial charge on any atom is -0.490 e. The Hall–Kier alpha value is -3.02. The molecule has 2 aromatic carbocycles. The van der Waals surface area contributed by atoms with E-state index in [1.165, 1.54) is 5.56 Å². The predicted molar refractivity (Wildman–Crippen MR) is 104 cm³/mol. The second kappa shape index (κ2) is 8.78. The molecule has 0 saturated carbocycles. The van der Waals surface area contributed by atoms with Gasteiger partial charge in [-0.15, -0.1) is 0 Å². The fourth-order valence-electron chi connectivity index (χ4n) is 3.19. The number of carboxylic acid groups (broad SMARTS) is 1. The van der Waals surface area contributed by atoms with E-state index in [2.05, 4.69) is 0 Å². The summed E-state index contributed by atoms with van der Waals surface area (Å²) in [7, 11) is 0. The number of hydrogen-bond donors (Lipinski definition) is 1. The van der Waals surface area contributed by atoms with Crippen molar-refractivity contribution in [2.45, 2.75) is 33.4 Å². The second-order valence-corrected chi connectivity index (χ2v) is 7.00. The molecule has 1 aliphatic rings. The first-order chi connectivity index (χ1) is 13.5. The maximum Gasteiger partial charge on any atom is 0.308 e. The second-order valence-electron chi connectivity index (χ2n) is 7.00. The summed E-state index contributed by atoms with van der Waals surface area (Å²) in [6, 6.07) is 13.7. The number of likely N-dealkylation sites (tertiary alicyclic amines) is 1. The molecular weight excluding hydrogens is 358 g/mol. The largest absolute Gasteiger partial charge is 0.490 e. The lowest BCUT2D eigenvalue weighted by molar-refractivity contribution is -0.141. The molecule has 28 heavy (non-hydrogen) atoms. The third-order valence-corrected chi connectivity index (χ3v) is 4.76. The molecule has 148 valence electrons. The van der Waals surface area contributed by atoms with Crippen molar-refractivity contribution in [2.24, 2.45) is 5.92 Å². The number of carbonyl (C=O) groups is 2. The van der Waals surface area contributed by atoms with Crippen molar-refractivity contribution in [3.63, 3.8) is 0 Å². The van der Waals surface area contributed by atoms with Crippen LogP contribution in [0.3, 0.4) is 0 Å². The molecule has 6 nitrogen and oxygen atoms in total. The van der Waals surface area contributed by atoms with Gasteiger partial charge in [-0.2, -0.15) is 0 Å². The summed E-state index contributed by atoms with van der Waals surface area (Å²) in [6.45, 7) is 5.47. The summed E-state index contributed by atoms with van der Waals surface area (Å²) in [6.07, 6.45) is 0.0609. The van der Waals surface area contributed by atoms with Crippen molar-refractivity contribution in [1.29, 1.82) is 0 Å². The fraction of sp³-hybridized carbons (Fsp3) is 0.364. The van der Waals surface area contributed by atoms with E-state index in [0.717, 1.165) is 11.1 Å². The molecular formula is C22H25NO5. The Labute approximate surface area is 164 Å². The van der Waals surface area contributed by atoms with Crippen LogP contribution in [0.4, 0.5) is 0 Å². The summed E-state index contributed by atoms with van der Waals surface area (Å²) < 4.78 is 11.6. The van der Waals surface area contributed by atoms with Gasteiger partial charge in [-0.1, -0.05) is 35.9 Å². The molecule has 0 aromatic heterocycles. The Morgan fingerprint density at radius 2 is 1.82 bits per heavy atom. The monoisotopic (exact) mass is 383 g/mol. The van der Waals surface area contributed by atoms with Gasteiger partial charge in [-0.05, 0) is 37.1 Å². The number of rotatable bonds is 8. The summed E-state index contributed by atoms with van der Waals surface area (Å²) in [5.41, 5.74) is 3.15. The first-order valence-electron chi connectivity index (χ1n) is 9.41. The molecule has 1 atom stereocenters. The Morgan fingerprint density at radius 1 is 1.11 bits per heavy atom. The third kappa shape index (κ3) is 4.82. The van der Waals surface area contributed by atoms with Crippen molar-refractivity contribution in [3.8, 4) is 11.5 Å². The van der Waals surface area contributed by atoms with Gasteiger partial charge >= 0.3 is 5.97 Å². The van der Waals surface area contributed by atoms with Gasteiger partial charge in [-0.3, -0.25) is 9.59 Å². The van der Waals surface area contributed by atoms with Crippen LogP contribution in [0.15, 0.2) is 42.5 Å². The van der Waals surface area contributed by atoms with E-state index < -0.39 is 11.9 Å². The number of benzene rings is 2. The molecule has 1 aliphatic heterocycles. The highest BCUT2D eigenvalue weighted by molar-refractivity contribution is 5.86. The normalized spacial score (nSPS) is 16.3. The van der Waals surface area contributed by atoms with Crippen molar-refractivity contribution >= 4 is 11.9 Å². The van der Waals surface area contributed by atoms with E-state index in [9.17, 15) is 9.59 Å². The lowest BCUT2D eigenvalue weighted by Gasteiger charge is -2.18. The van der Waals surface area contributed by atoms with Gasteiger partial charge in [-0.25, -0.2) is 0 Å². The molecule has 1 amide bonds. The van der Waals surface area contributed by atoms with Gasteiger partial charge in [0.1, 0.15) is 6.61 Å². The van der Waals surface area contributed by atoms with Crippen LogP contribution in [0.2, 0.25) is 0 Å². The molecule has 1 saturated heterocycles. The van der Waals surface area contributed by atoms with E-state index in [0.29, 0.717) is 31.3 Å². The fourth-order valence-corrected chi connectivity index (χ4v) is 3.19. The molecule has 1 fully saturated rings. The van der Waals surface area contributed by atoms with Gasteiger partial charge in [0, 0.05) is 19.5 Å². The molecule has 1 unspecified atom stereocenters. The highest BCUT2D eigenvalue weighted by atomic mass is 16.5. The van der Waals surface area contributed by atoms with E-state index in [1.807, 2.05) is 56.3 Å². The minimum atomic E-state index is -0.925. The smallest absolute Gasteiger partial charge is 0.308 e. The Bertz CT molecular complexity index is 847. The quantitative estimate of drug-likeness (QED) is 0.756. The molecule has 0 radical (unpaired) electrons.